The lowest BCUT2D eigenvalue weighted by atomic mass is 10.1. The van der Waals surface area contributed by atoms with E-state index in [2.05, 4.69) is 10.6 Å². The van der Waals surface area contributed by atoms with Crippen LogP contribution in [0.2, 0.25) is 0 Å². The zero-order valence-electron chi connectivity index (χ0n) is 22.2. The molecule has 7 rings (SSSR count). The average molecular weight is 526 g/mol. The Labute approximate surface area is 222 Å². The van der Waals surface area contributed by atoms with Crippen molar-refractivity contribution < 1.29 is 33.3 Å². The molecule has 2 N–H and O–H groups in total. The van der Waals surface area contributed by atoms with Crippen LogP contribution in [0.25, 0.3) is 0 Å². The van der Waals surface area contributed by atoms with Crippen LogP contribution in [0.1, 0.15) is 31.4 Å². The Bertz CT molecular complexity index is 1170. The highest BCUT2D eigenvalue weighted by Crippen LogP contribution is 2.29. The standard InChI is InChI=1S/C28H35N3O7/c1-28(2,36-4)27(34)31-15-21-24(16-31)38-20-9-5-19(6-10-20)14-29-26(33)17-37-22-11-7-18(13-23(22)35-3)8-12-25(32)30-21/h5-7,9-11,13,21,24H,8,12,14-17H2,1-4H3,(H,29,33)(H,30,32)/t21-,24-/m0/s1. The third-order valence-corrected chi connectivity index (χ3v) is 6.85. The summed E-state index contributed by atoms with van der Waals surface area (Å²) in [6.45, 7) is 4.23. The van der Waals surface area contributed by atoms with Gasteiger partial charge in [0.2, 0.25) is 5.91 Å². The fourth-order valence-corrected chi connectivity index (χ4v) is 4.45. The molecule has 0 unspecified atom stereocenters. The number of carbonyl (C=O) groups is 3. The van der Waals surface area contributed by atoms with Gasteiger partial charge in [-0.25, -0.2) is 0 Å². The first-order valence-corrected chi connectivity index (χ1v) is 12.6. The molecule has 5 aliphatic heterocycles. The van der Waals surface area contributed by atoms with E-state index in [1.54, 1.807) is 30.9 Å². The van der Waals surface area contributed by atoms with Gasteiger partial charge in [0.05, 0.1) is 19.7 Å². The maximum absolute atomic E-state index is 13.1. The van der Waals surface area contributed by atoms with Crippen molar-refractivity contribution in [3.63, 3.8) is 0 Å². The van der Waals surface area contributed by atoms with Crippen LogP contribution in [-0.2, 0) is 32.1 Å². The normalized spacial score (nSPS) is 20.6. The molecular formula is C28H35N3O7. The summed E-state index contributed by atoms with van der Waals surface area (Å²) in [5.41, 5.74) is 0.784. The summed E-state index contributed by atoms with van der Waals surface area (Å²) in [4.78, 5) is 40.0. The highest BCUT2D eigenvalue weighted by molar-refractivity contribution is 5.85. The summed E-state index contributed by atoms with van der Waals surface area (Å²) in [6, 6.07) is 12.3. The Morgan fingerprint density at radius 1 is 1.00 bits per heavy atom. The van der Waals surface area contributed by atoms with Crippen LogP contribution in [0.5, 0.6) is 17.2 Å². The molecule has 1 saturated heterocycles. The maximum Gasteiger partial charge on any atom is 0.258 e. The monoisotopic (exact) mass is 525 g/mol. The van der Waals surface area contributed by atoms with E-state index in [0.29, 0.717) is 43.3 Å². The fourth-order valence-electron chi connectivity index (χ4n) is 4.45. The Kier molecular flexibility index (Phi) is 8.41. The molecule has 5 heterocycles. The van der Waals surface area contributed by atoms with E-state index in [-0.39, 0.29) is 30.7 Å². The van der Waals surface area contributed by atoms with Gasteiger partial charge in [-0.15, -0.1) is 0 Å². The number of benzene rings is 2. The van der Waals surface area contributed by atoms with Gasteiger partial charge in [0.1, 0.15) is 17.5 Å². The van der Waals surface area contributed by atoms with Gasteiger partial charge in [0, 0.05) is 26.6 Å². The molecule has 38 heavy (non-hydrogen) atoms. The number of nitrogens with zero attached hydrogens (tertiary/aromatic N) is 1. The molecule has 0 aliphatic carbocycles. The van der Waals surface area contributed by atoms with Crippen LogP contribution in [0, 0.1) is 0 Å². The third kappa shape index (κ3) is 6.55. The number of hydrogen-bond acceptors (Lipinski definition) is 7. The number of methoxy groups -OCH3 is 2. The molecule has 10 heteroatoms. The van der Waals surface area contributed by atoms with E-state index in [9.17, 15) is 14.4 Å². The van der Waals surface area contributed by atoms with Crippen LogP contribution in [0.4, 0.5) is 0 Å². The minimum absolute atomic E-state index is 0.149. The summed E-state index contributed by atoms with van der Waals surface area (Å²) >= 11 is 0. The first-order valence-electron chi connectivity index (χ1n) is 12.6. The summed E-state index contributed by atoms with van der Waals surface area (Å²) < 4.78 is 22.7. The molecule has 3 amide bonds. The Morgan fingerprint density at radius 3 is 2.45 bits per heavy atom. The zero-order chi connectivity index (χ0) is 27.3. The van der Waals surface area contributed by atoms with E-state index in [0.717, 1.165) is 11.1 Å². The molecule has 2 atom stereocenters. The van der Waals surface area contributed by atoms with Crippen molar-refractivity contribution >= 4 is 17.7 Å². The number of amides is 3. The van der Waals surface area contributed by atoms with Gasteiger partial charge in [0.15, 0.2) is 18.1 Å². The number of ether oxygens (including phenoxy) is 4. The van der Waals surface area contributed by atoms with Crippen molar-refractivity contribution in [3.05, 3.63) is 53.6 Å². The first kappa shape index (κ1) is 27.3. The predicted octanol–water partition coefficient (Wildman–Crippen LogP) is 1.84. The first-order chi connectivity index (χ1) is 18.2. The van der Waals surface area contributed by atoms with Crippen LogP contribution in [0.3, 0.4) is 0 Å². The van der Waals surface area contributed by atoms with E-state index >= 15 is 0 Å². The van der Waals surface area contributed by atoms with Gasteiger partial charge in [-0.3, -0.25) is 14.4 Å². The molecule has 4 bridgehead atoms. The van der Waals surface area contributed by atoms with Crippen molar-refractivity contribution in [2.24, 2.45) is 0 Å². The Hall–Kier alpha value is -3.79. The van der Waals surface area contributed by atoms with Crippen LogP contribution < -0.4 is 24.8 Å². The molecule has 204 valence electrons. The number of rotatable bonds is 3. The highest BCUT2D eigenvalue weighted by Gasteiger charge is 2.42. The lowest BCUT2D eigenvalue weighted by Crippen LogP contribution is -2.47. The van der Waals surface area contributed by atoms with Gasteiger partial charge in [-0.1, -0.05) is 18.2 Å². The summed E-state index contributed by atoms with van der Waals surface area (Å²) in [6.07, 6.45) is 0.270. The van der Waals surface area contributed by atoms with Gasteiger partial charge < -0.3 is 34.5 Å². The molecule has 10 nitrogen and oxygen atoms in total. The van der Waals surface area contributed by atoms with Crippen molar-refractivity contribution in [1.29, 1.82) is 0 Å². The molecule has 5 aliphatic rings. The SMILES string of the molecule is COc1cc2ccc1OCC(=O)NCc1ccc(cc1)O[C@H]1CN(C(=O)C(C)(C)OC)C[C@@H]1NC(=O)CC2. The summed E-state index contributed by atoms with van der Waals surface area (Å²) in [5.74, 6) is 0.958. The second kappa shape index (κ2) is 11.7. The summed E-state index contributed by atoms with van der Waals surface area (Å²) in [7, 11) is 3.03. The van der Waals surface area contributed by atoms with Crippen LogP contribution in [-0.4, -0.2) is 74.3 Å². The van der Waals surface area contributed by atoms with Gasteiger partial charge in [-0.05, 0) is 55.7 Å². The minimum atomic E-state index is -0.992. The number of aryl methyl sites for hydroxylation is 1. The number of nitrogens with one attached hydrogen (secondary N) is 2. The molecule has 2 aromatic rings. The second-order valence-electron chi connectivity index (χ2n) is 9.95. The zero-order valence-corrected chi connectivity index (χ0v) is 22.2. The van der Waals surface area contributed by atoms with Crippen molar-refractivity contribution in [2.75, 3.05) is 33.9 Å². The largest absolute Gasteiger partial charge is 0.493 e. The minimum Gasteiger partial charge on any atom is -0.493 e. The van der Waals surface area contributed by atoms with E-state index < -0.39 is 17.7 Å². The Morgan fingerprint density at radius 2 is 1.74 bits per heavy atom. The van der Waals surface area contributed by atoms with Crippen LogP contribution in [0.15, 0.2) is 42.5 Å². The second-order valence-corrected chi connectivity index (χ2v) is 9.95. The molecular weight excluding hydrogens is 490 g/mol. The number of likely N-dealkylation sites (tertiary alicyclic amines) is 1. The number of hydrogen-bond donors (Lipinski definition) is 2. The van der Waals surface area contributed by atoms with E-state index in [1.807, 2.05) is 30.3 Å². The Balaban J connectivity index is 1.57. The van der Waals surface area contributed by atoms with Gasteiger partial charge in [-0.2, -0.15) is 0 Å². The number of carbonyl (C=O) groups excluding carboxylic acids is 3. The van der Waals surface area contributed by atoms with E-state index in [1.165, 1.54) is 14.2 Å². The lowest BCUT2D eigenvalue weighted by molar-refractivity contribution is -0.150. The van der Waals surface area contributed by atoms with Gasteiger partial charge >= 0.3 is 0 Å². The molecule has 0 radical (unpaired) electrons. The van der Waals surface area contributed by atoms with Gasteiger partial charge in [0.25, 0.3) is 11.8 Å². The maximum atomic E-state index is 13.1. The average Bonchev–Trinajstić information content (AvgIpc) is 3.30. The van der Waals surface area contributed by atoms with Crippen molar-refractivity contribution in [3.8, 4) is 17.2 Å². The summed E-state index contributed by atoms with van der Waals surface area (Å²) in [5, 5.41) is 5.91. The molecule has 0 aromatic heterocycles. The van der Waals surface area contributed by atoms with Crippen molar-refractivity contribution in [2.45, 2.75) is 51.0 Å². The predicted molar refractivity (Wildman–Crippen MR) is 139 cm³/mol. The quantitative estimate of drug-likeness (QED) is 0.628. The third-order valence-electron chi connectivity index (χ3n) is 6.85. The topological polar surface area (TPSA) is 115 Å². The molecule has 1 fully saturated rings. The van der Waals surface area contributed by atoms with Crippen molar-refractivity contribution in [1.82, 2.24) is 15.5 Å². The molecule has 0 spiro atoms. The lowest BCUT2D eigenvalue weighted by Gasteiger charge is -2.27. The molecule has 2 aromatic carbocycles. The van der Waals surface area contributed by atoms with Crippen LogP contribution >= 0.6 is 0 Å². The smallest absolute Gasteiger partial charge is 0.258 e. The fraction of sp³-hybridized carbons (Fsp3) is 0.464. The highest BCUT2D eigenvalue weighted by atomic mass is 16.5. The molecule has 0 saturated carbocycles. The van der Waals surface area contributed by atoms with E-state index in [4.69, 9.17) is 18.9 Å².